The lowest BCUT2D eigenvalue weighted by atomic mass is 10.2. The number of hydrogen-bond acceptors (Lipinski definition) is 3. The monoisotopic (exact) mass is 330 g/mol. The molecule has 0 radical (unpaired) electrons. The smallest absolute Gasteiger partial charge is 0.289 e. The second-order valence-electron chi connectivity index (χ2n) is 5.69. The first-order valence-corrected chi connectivity index (χ1v) is 8.83. The second-order valence-corrected chi connectivity index (χ2v) is 7.55. The van der Waals surface area contributed by atoms with Crippen LogP contribution >= 0.6 is 0 Å². The summed E-state index contributed by atoms with van der Waals surface area (Å²) in [5, 5.41) is 0. The van der Waals surface area contributed by atoms with E-state index in [1.165, 1.54) is 17.0 Å². The molecule has 1 saturated heterocycles. The van der Waals surface area contributed by atoms with E-state index in [-0.39, 0.29) is 17.5 Å². The first kappa shape index (κ1) is 15.6. The molecule has 0 aliphatic carbocycles. The summed E-state index contributed by atoms with van der Waals surface area (Å²) in [5.74, 6) is 0. The van der Waals surface area contributed by atoms with Gasteiger partial charge in [-0.3, -0.25) is 4.90 Å². The van der Waals surface area contributed by atoms with Crippen LogP contribution < -0.4 is 4.90 Å². The highest BCUT2D eigenvalue weighted by molar-refractivity contribution is 7.89. The zero-order valence-electron chi connectivity index (χ0n) is 13.0. The Bertz CT molecular complexity index is 817. The van der Waals surface area contributed by atoms with E-state index in [1.807, 2.05) is 32.0 Å². The fourth-order valence-electron chi connectivity index (χ4n) is 2.70. The highest BCUT2D eigenvalue weighted by atomic mass is 32.2. The molecule has 2 aromatic rings. The van der Waals surface area contributed by atoms with Crippen LogP contribution in [0.4, 0.5) is 10.5 Å². The molecular formula is C17H18N2O3S. The summed E-state index contributed by atoms with van der Waals surface area (Å²) in [4.78, 5) is 14.3. The predicted molar refractivity (Wildman–Crippen MR) is 88.8 cm³/mol. The van der Waals surface area contributed by atoms with Gasteiger partial charge in [-0.15, -0.1) is 0 Å². The number of benzene rings is 2. The van der Waals surface area contributed by atoms with E-state index in [4.69, 9.17) is 0 Å². The molecule has 120 valence electrons. The Morgan fingerprint density at radius 1 is 1.00 bits per heavy atom. The standard InChI is InChI=1S/C17H18N2O3S/c1-13-8-10-16(11-9-13)23(21,22)18-12-14(2)19(17(18)20)15-6-4-3-5-7-15/h3-11,14H,12H2,1-2H3. The number of carbonyl (C=O) groups excluding carboxylic acids is 1. The molecule has 1 atom stereocenters. The zero-order chi connectivity index (χ0) is 16.6. The molecule has 0 bridgehead atoms. The average molecular weight is 330 g/mol. The molecule has 0 N–H and O–H groups in total. The van der Waals surface area contributed by atoms with Crippen LogP contribution in [0.2, 0.25) is 0 Å². The molecule has 3 rings (SSSR count). The largest absolute Gasteiger partial charge is 0.338 e. The maximum Gasteiger partial charge on any atom is 0.338 e. The molecule has 5 nitrogen and oxygen atoms in total. The molecule has 23 heavy (non-hydrogen) atoms. The van der Waals surface area contributed by atoms with Crippen molar-refractivity contribution in [2.45, 2.75) is 24.8 Å². The lowest BCUT2D eigenvalue weighted by Gasteiger charge is -2.20. The third kappa shape index (κ3) is 2.70. The number of carbonyl (C=O) groups is 1. The van der Waals surface area contributed by atoms with Gasteiger partial charge in [-0.2, -0.15) is 0 Å². The van der Waals surface area contributed by atoms with Gasteiger partial charge >= 0.3 is 6.03 Å². The van der Waals surface area contributed by atoms with Gasteiger partial charge < -0.3 is 0 Å². The summed E-state index contributed by atoms with van der Waals surface area (Å²) in [6, 6.07) is 14.9. The van der Waals surface area contributed by atoms with Gasteiger partial charge in [-0.1, -0.05) is 35.9 Å². The second kappa shape index (κ2) is 5.70. The minimum absolute atomic E-state index is 0.138. The van der Waals surface area contributed by atoms with E-state index >= 15 is 0 Å². The normalized spacial score (nSPS) is 18.5. The minimum atomic E-state index is -3.84. The Morgan fingerprint density at radius 3 is 2.22 bits per heavy atom. The van der Waals surface area contributed by atoms with Crippen molar-refractivity contribution >= 4 is 21.7 Å². The number of sulfonamides is 1. The van der Waals surface area contributed by atoms with Crippen LogP contribution in [0.25, 0.3) is 0 Å². The number of urea groups is 1. The number of amides is 2. The average Bonchev–Trinajstić information content (AvgIpc) is 2.84. The van der Waals surface area contributed by atoms with Crippen LogP contribution in [0, 0.1) is 6.92 Å². The summed E-state index contributed by atoms with van der Waals surface area (Å²) in [7, 11) is -3.84. The summed E-state index contributed by atoms with van der Waals surface area (Å²) in [6.07, 6.45) is 0. The topological polar surface area (TPSA) is 57.7 Å². The van der Waals surface area contributed by atoms with Gasteiger partial charge in [-0.05, 0) is 38.1 Å². The first-order valence-electron chi connectivity index (χ1n) is 7.39. The number of aryl methyl sites for hydroxylation is 1. The fourth-order valence-corrected chi connectivity index (χ4v) is 4.14. The molecule has 1 fully saturated rings. The third-order valence-electron chi connectivity index (χ3n) is 3.93. The van der Waals surface area contributed by atoms with Crippen molar-refractivity contribution in [1.29, 1.82) is 0 Å². The van der Waals surface area contributed by atoms with Gasteiger partial charge in [0.15, 0.2) is 0 Å². The molecule has 1 aliphatic heterocycles. The van der Waals surface area contributed by atoms with Crippen molar-refractivity contribution in [3.63, 3.8) is 0 Å². The summed E-state index contributed by atoms with van der Waals surface area (Å²) < 4.78 is 26.5. The predicted octanol–water partition coefficient (Wildman–Crippen LogP) is 3.01. The molecule has 2 aromatic carbocycles. The van der Waals surface area contributed by atoms with Crippen LogP contribution in [0.1, 0.15) is 12.5 Å². The molecule has 1 heterocycles. The Labute approximate surface area is 136 Å². The molecule has 1 aliphatic rings. The van der Waals surface area contributed by atoms with Crippen molar-refractivity contribution in [2.75, 3.05) is 11.4 Å². The summed E-state index contributed by atoms with van der Waals surface area (Å²) in [5.41, 5.74) is 1.67. The number of nitrogens with zero attached hydrogens (tertiary/aromatic N) is 2. The molecule has 1 unspecified atom stereocenters. The third-order valence-corrected chi connectivity index (χ3v) is 5.69. The highest BCUT2D eigenvalue weighted by Crippen LogP contribution is 2.28. The molecule has 6 heteroatoms. The number of rotatable bonds is 3. The lowest BCUT2D eigenvalue weighted by molar-refractivity contribution is 0.239. The number of para-hydroxylation sites is 1. The number of anilines is 1. The molecular weight excluding hydrogens is 312 g/mol. The Hall–Kier alpha value is -2.34. The molecule has 0 saturated carbocycles. The van der Waals surface area contributed by atoms with Gasteiger partial charge in [0.2, 0.25) is 0 Å². The van der Waals surface area contributed by atoms with E-state index in [9.17, 15) is 13.2 Å². The van der Waals surface area contributed by atoms with Crippen LogP contribution in [-0.4, -0.2) is 31.3 Å². The van der Waals surface area contributed by atoms with Gasteiger partial charge in [0.05, 0.1) is 17.5 Å². The zero-order valence-corrected chi connectivity index (χ0v) is 13.8. The van der Waals surface area contributed by atoms with Gasteiger partial charge in [0.25, 0.3) is 10.0 Å². The molecule has 2 amide bonds. The maximum absolute atomic E-state index is 12.8. The van der Waals surface area contributed by atoms with E-state index in [2.05, 4.69) is 0 Å². The SMILES string of the molecule is Cc1ccc(S(=O)(=O)N2CC(C)N(c3ccccc3)C2=O)cc1. The van der Waals surface area contributed by atoms with Gasteiger partial charge in [0, 0.05) is 5.69 Å². The highest BCUT2D eigenvalue weighted by Gasteiger charge is 2.42. The maximum atomic E-state index is 12.8. The van der Waals surface area contributed by atoms with Crippen molar-refractivity contribution in [3.8, 4) is 0 Å². The van der Waals surface area contributed by atoms with Crippen molar-refractivity contribution in [2.24, 2.45) is 0 Å². The molecule has 0 spiro atoms. The van der Waals surface area contributed by atoms with E-state index in [1.54, 1.807) is 24.3 Å². The fraction of sp³-hybridized carbons (Fsp3) is 0.235. The van der Waals surface area contributed by atoms with E-state index < -0.39 is 16.1 Å². The van der Waals surface area contributed by atoms with Gasteiger partial charge in [-0.25, -0.2) is 17.5 Å². The van der Waals surface area contributed by atoms with Crippen molar-refractivity contribution < 1.29 is 13.2 Å². The Balaban J connectivity index is 1.96. The Kier molecular flexibility index (Phi) is 3.85. The van der Waals surface area contributed by atoms with Crippen molar-refractivity contribution in [1.82, 2.24) is 4.31 Å². The van der Waals surface area contributed by atoms with Crippen LogP contribution in [0.15, 0.2) is 59.5 Å². The Morgan fingerprint density at radius 2 is 1.61 bits per heavy atom. The lowest BCUT2D eigenvalue weighted by Crippen LogP contribution is -2.36. The van der Waals surface area contributed by atoms with E-state index in [0.29, 0.717) is 5.69 Å². The van der Waals surface area contributed by atoms with Crippen LogP contribution in [0.3, 0.4) is 0 Å². The first-order chi connectivity index (χ1) is 10.9. The summed E-state index contributed by atoms with van der Waals surface area (Å²) in [6.45, 7) is 3.87. The number of hydrogen-bond donors (Lipinski definition) is 0. The molecule has 0 aromatic heterocycles. The van der Waals surface area contributed by atoms with E-state index in [0.717, 1.165) is 9.87 Å². The van der Waals surface area contributed by atoms with Crippen LogP contribution in [-0.2, 0) is 10.0 Å². The van der Waals surface area contributed by atoms with Crippen LogP contribution in [0.5, 0.6) is 0 Å². The summed E-state index contributed by atoms with van der Waals surface area (Å²) >= 11 is 0. The van der Waals surface area contributed by atoms with Crippen molar-refractivity contribution in [3.05, 3.63) is 60.2 Å². The quantitative estimate of drug-likeness (QED) is 0.869. The minimum Gasteiger partial charge on any atom is -0.289 e. The van der Waals surface area contributed by atoms with Gasteiger partial charge in [0.1, 0.15) is 0 Å².